The molecule has 0 saturated carbocycles. The lowest BCUT2D eigenvalue weighted by molar-refractivity contribution is 0.138. The molecule has 4 rings (SSSR count). The first-order chi connectivity index (χ1) is 15.8. The maximum absolute atomic E-state index is 12.6. The van der Waals surface area contributed by atoms with Gasteiger partial charge in [0.2, 0.25) is 5.95 Å². The van der Waals surface area contributed by atoms with Crippen LogP contribution in [0.25, 0.3) is 5.57 Å². The highest BCUT2D eigenvalue weighted by atomic mass is 32.2. The molecular formula is C23H26N6O3S. The van der Waals surface area contributed by atoms with Gasteiger partial charge in [-0.05, 0) is 38.0 Å². The van der Waals surface area contributed by atoms with Gasteiger partial charge < -0.3 is 20.7 Å². The topological polar surface area (TPSA) is 123 Å². The molecule has 0 aromatic carbocycles. The number of nitrogens with two attached hydrogens (primary N) is 1. The Kier molecular flexibility index (Phi) is 6.33. The van der Waals surface area contributed by atoms with E-state index in [1.54, 1.807) is 6.20 Å². The number of anilines is 2. The Morgan fingerprint density at radius 1 is 1.36 bits per heavy atom. The molecule has 0 bridgehead atoms. The fourth-order valence-corrected chi connectivity index (χ4v) is 5.08. The zero-order chi connectivity index (χ0) is 23.6. The lowest BCUT2D eigenvalue weighted by Crippen LogP contribution is -2.39. The van der Waals surface area contributed by atoms with Gasteiger partial charge in [0.25, 0.3) is 0 Å². The van der Waals surface area contributed by atoms with E-state index in [0.29, 0.717) is 35.4 Å². The van der Waals surface area contributed by atoms with Crippen molar-refractivity contribution in [3.63, 3.8) is 0 Å². The number of nitrogens with one attached hydrogen (secondary N) is 1. The van der Waals surface area contributed by atoms with Gasteiger partial charge in [0.1, 0.15) is 17.3 Å². The molecule has 0 saturated heterocycles. The van der Waals surface area contributed by atoms with Gasteiger partial charge in [-0.2, -0.15) is 4.98 Å². The van der Waals surface area contributed by atoms with Crippen LogP contribution in [0.3, 0.4) is 0 Å². The Balaban J connectivity index is 1.57. The number of amides is 1. The first kappa shape index (κ1) is 22.7. The van der Waals surface area contributed by atoms with E-state index in [4.69, 9.17) is 26.9 Å². The Hall–Kier alpha value is -3.45. The highest BCUT2D eigenvalue weighted by molar-refractivity contribution is 7.85. The highest BCUT2D eigenvalue weighted by Crippen LogP contribution is 2.32. The second kappa shape index (κ2) is 9.19. The molecule has 2 aliphatic heterocycles. The third-order valence-electron chi connectivity index (χ3n) is 5.46. The molecule has 33 heavy (non-hydrogen) atoms. The lowest BCUT2D eigenvalue weighted by Gasteiger charge is -2.29. The summed E-state index contributed by atoms with van der Waals surface area (Å²) in [6.45, 7) is 5.11. The minimum atomic E-state index is -1.18. The van der Waals surface area contributed by atoms with Crippen LogP contribution >= 0.6 is 0 Å². The molecule has 2 aromatic heterocycles. The fourth-order valence-electron chi connectivity index (χ4n) is 3.77. The standard InChI is InChI=1S/C23H26N6O3S/c1-4-15-5-6-17(25-13-15)16-7-10-29(11-8-16)22-26-18-9-12-33(31)19(18)20(27-22)28-23(2,3)14-32-21(24)30/h1,5-7,13H,8-12,14H2,2-3H3,(H2,24,30)(H,26,27,28). The summed E-state index contributed by atoms with van der Waals surface area (Å²) in [5.41, 5.74) is 8.05. The Morgan fingerprint density at radius 2 is 2.18 bits per heavy atom. The number of fused-ring (bicyclic) bond motifs is 1. The van der Waals surface area contributed by atoms with E-state index >= 15 is 0 Å². The molecule has 172 valence electrons. The molecule has 0 fully saturated rings. The number of carbonyl (C=O) groups excluding carboxylic acids is 1. The van der Waals surface area contributed by atoms with Crippen LogP contribution < -0.4 is 16.0 Å². The number of nitrogens with zero attached hydrogens (tertiary/aromatic N) is 4. The van der Waals surface area contributed by atoms with Gasteiger partial charge in [-0.3, -0.25) is 9.19 Å². The number of hydrogen-bond donors (Lipinski definition) is 2. The van der Waals surface area contributed by atoms with Crippen LogP contribution in [0.15, 0.2) is 29.3 Å². The molecule has 1 amide bonds. The average molecular weight is 467 g/mol. The minimum absolute atomic E-state index is 0.0460. The van der Waals surface area contributed by atoms with Gasteiger partial charge in [-0.25, -0.2) is 9.78 Å². The van der Waals surface area contributed by atoms with E-state index in [1.165, 1.54) is 0 Å². The van der Waals surface area contributed by atoms with Crippen LogP contribution in [-0.2, 0) is 22.0 Å². The Morgan fingerprint density at radius 3 is 2.82 bits per heavy atom. The average Bonchev–Trinajstić information content (AvgIpc) is 3.19. The summed E-state index contributed by atoms with van der Waals surface area (Å²) >= 11 is 0. The Bertz CT molecular complexity index is 1170. The molecule has 0 aliphatic carbocycles. The fraction of sp³-hybridized carbons (Fsp3) is 0.391. The molecule has 1 atom stereocenters. The summed E-state index contributed by atoms with van der Waals surface area (Å²) in [5, 5.41) is 3.28. The van der Waals surface area contributed by atoms with E-state index in [2.05, 4.69) is 27.2 Å². The zero-order valence-electron chi connectivity index (χ0n) is 18.6. The second-order valence-electron chi connectivity index (χ2n) is 8.57. The third kappa shape index (κ3) is 5.14. The number of carbonyl (C=O) groups is 1. The number of hydrogen-bond acceptors (Lipinski definition) is 8. The van der Waals surface area contributed by atoms with Gasteiger partial charge in [-0.1, -0.05) is 12.0 Å². The Labute approximate surface area is 195 Å². The number of aromatic nitrogens is 3. The predicted molar refractivity (Wildman–Crippen MR) is 127 cm³/mol. The van der Waals surface area contributed by atoms with Crippen molar-refractivity contribution in [3.8, 4) is 12.3 Å². The molecule has 2 aromatic rings. The number of ether oxygens (including phenoxy) is 1. The van der Waals surface area contributed by atoms with Crippen molar-refractivity contribution in [2.24, 2.45) is 5.73 Å². The van der Waals surface area contributed by atoms with Crippen molar-refractivity contribution in [3.05, 3.63) is 41.4 Å². The summed E-state index contributed by atoms with van der Waals surface area (Å²) in [6.07, 6.45) is 9.80. The molecule has 0 spiro atoms. The monoisotopic (exact) mass is 466 g/mol. The number of rotatable bonds is 6. The highest BCUT2D eigenvalue weighted by Gasteiger charge is 2.31. The largest absolute Gasteiger partial charge is 0.447 e. The van der Waals surface area contributed by atoms with E-state index in [0.717, 1.165) is 35.5 Å². The number of primary amides is 1. The van der Waals surface area contributed by atoms with Crippen LogP contribution in [0.1, 0.15) is 37.2 Å². The number of terminal acetylenes is 1. The van der Waals surface area contributed by atoms with Crippen LogP contribution in [0.4, 0.5) is 16.6 Å². The summed E-state index contributed by atoms with van der Waals surface area (Å²) in [6, 6.07) is 3.83. The van der Waals surface area contributed by atoms with Crippen molar-refractivity contribution in [1.29, 1.82) is 0 Å². The van der Waals surface area contributed by atoms with Crippen LogP contribution in [-0.4, -0.2) is 56.2 Å². The van der Waals surface area contributed by atoms with Crippen molar-refractivity contribution in [2.75, 3.05) is 35.7 Å². The number of aryl methyl sites for hydroxylation is 1. The quantitative estimate of drug-likeness (QED) is 0.621. The molecule has 0 radical (unpaired) electrons. The maximum Gasteiger partial charge on any atom is 0.404 e. The molecule has 3 N–H and O–H groups in total. The minimum Gasteiger partial charge on any atom is -0.447 e. The lowest BCUT2D eigenvalue weighted by atomic mass is 10.0. The maximum atomic E-state index is 12.6. The molecular weight excluding hydrogens is 440 g/mol. The van der Waals surface area contributed by atoms with Crippen molar-refractivity contribution in [2.45, 2.75) is 37.1 Å². The second-order valence-corrected chi connectivity index (χ2v) is 10.1. The van der Waals surface area contributed by atoms with Gasteiger partial charge in [0, 0.05) is 37.0 Å². The van der Waals surface area contributed by atoms with Crippen molar-refractivity contribution < 1.29 is 13.7 Å². The van der Waals surface area contributed by atoms with E-state index < -0.39 is 22.4 Å². The van der Waals surface area contributed by atoms with Crippen molar-refractivity contribution in [1.82, 2.24) is 15.0 Å². The molecule has 9 nitrogen and oxygen atoms in total. The SMILES string of the molecule is C#Cc1ccc(C2=CCN(c3nc4c(c(NC(C)(C)COC(N)=O)n3)S(=O)CC4)CC2)nc1. The van der Waals surface area contributed by atoms with Gasteiger partial charge >= 0.3 is 6.09 Å². The first-order valence-corrected chi connectivity index (χ1v) is 11.9. The predicted octanol–water partition coefficient (Wildman–Crippen LogP) is 2.10. The van der Waals surface area contributed by atoms with E-state index in [1.807, 2.05) is 26.0 Å². The van der Waals surface area contributed by atoms with Crippen LogP contribution in [0.2, 0.25) is 0 Å². The summed E-state index contributed by atoms with van der Waals surface area (Å²) in [7, 11) is -1.18. The molecule has 10 heteroatoms. The van der Waals surface area contributed by atoms with Gasteiger partial charge in [0.05, 0.1) is 27.7 Å². The van der Waals surface area contributed by atoms with Crippen LogP contribution in [0, 0.1) is 12.3 Å². The summed E-state index contributed by atoms with van der Waals surface area (Å²) < 4.78 is 17.6. The first-order valence-electron chi connectivity index (χ1n) is 10.6. The van der Waals surface area contributed by atoms with E-state index in [9.17, 15) is 9.00 Å². The third-order valence-corrected chi connectivity index (χ3v) is 6.92. The molecule has 1 unspecified atom stereocenters. The summed E-state index contributed by atoms with van der Waals surface area (Å²) in [5.74, 6) is 4.18. The molecule has 2 aliphatic rings. The van der Waals surface area contributed by atoms with E-state index in [-0.39, 0.29) is 6.61 Å². The smallest absolute Gasteiger partial charge is 0.404 e. The molecule has 4 heterocycles. The zero-order valence-corrected chi connectivity index (χ0v) is 19.4. The van der Waals surface area contributed by atoms with Crippen LogP contribution in [0.5, 0.6) is 0 Å². The summed E-state index contributed by atoms with van der Waals surface area (Å²) in [4.78, 5) is 27.6. The normalized spacial score (nSPS) is 17.7. The number of pyridine rings is 1. The van der Waals surface area contributed by atoms with Crippen molar-refractivity contribution >= 4 is 34.2 Å². The van der Waals surface area contributed by atoms with Gasteiger partial charge in [-0.15, -0.1) is 6.42 Å². The van der Waals surface area contributed by atoms with Gasteiger partial charge in [0.15, 0.2) is 0 Å².